The molecule has 1 aliphatic rings. The van der Waals surface area contributed by atoms with Crippen LogP contribution in [0, 0.1) is 11.3 Å². The molecule has 2 heterocycles. The van der Waals surface area contributed by atoms with E-state index >= 15 is 0 Å². The molecule has 0 spiro atoms. The topological polar surface area (TPSA) is 72.1 Å². The van der Waals surface area contributed by atoms with Crippen LogP contribution >= 0.6 is 0 Å². The highest BCUT2D eigenvalue weighted by molar-refractivity contribution is 6.30. The number of hydrogen-bond donors (Lipinski definition) is 0. The van der Waals surface area contributed by atoms with Crippen LogP contribution in [0.25, 0.3) is 16.5 Å². The van der Waals surface area contributed by atoms with Gasteiger partial charge in [-0.15, -0.1) is 0 Å². The summed E-state index contributed by atoms with van der Waals surface area (Å²) in [4.78, 5) is 22.7. The normalized spacial score (nSPS) is 14.4. The van der Waals surface area contributed by atoms with Crippen LogP contribution in [0.5, 0.6) is 0 Å². The highest BCUT2D eigenvalue weighted by Crippen LogP contribution is 2.30. The van der Waals surface area contributed by atoms with E-state index in [2.05, 4.69) is 10.8 Å². The minimum absolute atomic E-state index is 0.177. The maximum absolute atomic E-state index is 11.6. The highest BCUT2D eigenvalue weighted by atomic mass is 16.6. The van der Waals surface area contributed by atoms with E-state index in [-0.39, 0.29) is 12.1 Å². The van der Waals surface area contributed by atoms with Gasteiger partial charge in [-0.3, -0.25) is 0 Å². The molecule has 0 saturated heterocycles. The average molecular weight is 252 g/mol. The van der Waals surface area contributed by atoms with E-state index in [9.17, 15) is 9.59 Å². The zero-order valence-electron chi connectivity index (χ0n) is 9.79. The van der Waals surface area contributed by atoms with Crippen molar-refractivity contribution in [3.63, 3.8) is 0 Å². The van der Waals surface area contributed by atoms with E-state index in [4.69, 9.17) is 5.26 Å². The van der Waals surface area contributed by atoms with E-state index in [0.717, 1.165) is 10.9 Å². The van der Waals surface area contributed by atoms with Crippen molar-refractivity contribution >= 4 is 28.4 Å². The summed E-state index contributed by atoms with van der Waals surface area (Å²) in [5, 5.41) is 9.63. The van der Waals surface area contributed by atoms with Gasteiger partial charge in [0.1, 0.15) is 6.54 Å². The Morgan fingerprint density at radius 2 is 2.05 bits per heavy atom. The van der Waals surface area contributed by atoms with Crippen LogP contribution in [-0.4, -0.2) is 16.5 Å². The summed E-state index contributed by atoms with van der Waals surface area (Å²) in [5.41, 5.74) is 1.69. The lowest BCUT2D eigenvalue weighted by atomic mass is 10.1. The first-order chi connectivity index (χ1) is 9.20. The fourth-order valence-corrected chi connectivity index (χ4v) is 2.21. The molecule has 3 rings (SSSR count). The third kappa shape index (κ3) is 1.70. The van der Waals surface area contributed by atoms with Crippen molar-refractivity contribution < 1.29 is 14.3 Å². The molecule has 1 aromatic carbocycles. The number of carbonyl (C=O) groups is 2. The summed E-state index contributed by atoms with van der Waals surface area (Å²) in [6.07, 6.45) is 2.88. The monoisotopic (exact) mass is 252 g/mol. The van der Waals surface area contributed by atoms with Gasteiger partial charge in [0.05, 0.1) is 11.6 Å². The lowest BCUT2D eigenvalue weighted by Gasteiger charge is -1.96. The zero-order valence-corrected chi connectivity index (χ0v) is 9.79. The van der Waals surface area contributed by atoms with Crippen molar-refractivity contribution in [3.05, 3.63) is 42.1 Å². The Balaban J connectivity index is 2.25. The number of nitriles is 1. The SMILES string of the molecule is N#CCn1cc(C2=CC(=O)OC2=O)c2ccccc21. The Morgan fingerprint density at radius 3 is 2.74 bits per heavy atom. The molecular formula is C14H8N2O3. The molecule has 0 N–H and O–H groups in total. The fraction of sp³-hybridized carbons (Fsp3) is 0.0714. The smallest absolute Gasteiger partial charge is 0.346 e. The summed E-state index contributed by atoms with van der Waals surface area (Å²) in [7, 11) is 0. The summed E-state index contributed by atoms with van der Waals surface area (Å²) in [6, 6.07) is 9.46. The van der Waals surface area contributed by atoms with Crippen LogP contribution in [-0.2, 0) is 20.9 Å². The number of aromatic nitrogens is 1. The highest BCUT2D eigenvalue weighted by Gasteiger charge is 2.27. The predicted molar refractivity (Wildman–Crippen MR) is 66.6 cm³/mol. The largest absolute Gasteiger partial charge is 0.386 e. The number of hydrogen-bond acceptors (Lipinski definition) is 4. The second kappa shape index (κ2) is 4.10. The van der Waals surface area contributed by atoms with Crippen molar-refractivity contribution in [1.82, 2.24) is 4.57 Å². The van der Waals surface area contributed by atoms with Gasteiger partial charge in [-0.2, -0.15) is 5.26 Å². The molecule has 5 heteroatoms. The number of rotatable bonds is 2. The predicted octanol–water partition coefficient (Wildman–Crippen LogP) is 1.63. The van der Waals surface area contributed by atoms with E-state index in [1.807, 2.05) is 24.3 Å². The number of benzene rings is 1. The number of fused-ring (bicyclic) bond motifs is 1. The van der Waals surface area contributed by atoms with Crippen molar-refractivity contribution in [2.24, 2.45) is 0 Å². The van der Waals surface area contributed by atoms with Gasteiger partial charge in [-0.25, -0.2) is 9.59 Å². The molecule has 1 aliphatic heterocycles. The summed E-state index contributed by atoms with van der Waals surface area (Å²) in [5.74, 6) is -1.30. The molecular weight excluding hydrogens is 244 g/mol. The van der Waals surface area contributed by atoms with Gasteiger partial charge in [-0.1, -0.05) is 18.2 Å². The molecule has 0 amide bonds. The van der Waals surface area contributed by atoms with E-state index in [0.29, 0.717) is 5.56 Å². The molecule has 0 aliphatic carbocycles. The molecule has 5 nitrogen and oxygen atoms in total. The summed E-state index contributed by atoms with van der Waals surface area (Å²) in [6.45, 7) is 0.177. The van der Waals surface area contributed by atoms with Gasteiger partial charge < -0.3 is 9.30 Å². The van der Waals surface area contributed by atoms with E-state index < -0.39 is 11.9 Å². The average Bonchev–Trinajstić information content (AvgIpc) is 2.91. The van der Waals surface area contributed by atoms with Crippen molar-refractivity contribution in [2.45, 2.75) is 6.54 Å². The van der Waals surface area contributed by atoms with Gasteiger partial charge in [0.2, 0.25) is 0 Å². The van der Waals surface area contributed by atoms with Crippen LogP contribution in [0.1, 0.15) is 5.56 Å². The van der Waals surface area contributed by atoms with Gasteiger partial charge >= 0.3 is 11.9 Å². The van der Waals surface area contributed by atoms with Crippen LogP contribution < -0.4 is 0 Å². The molecule has 0 unspecified atom stereocenters. The second-order valence-corrected chi connectivity index (χ2v) is 4.11. The lowest BCUT2D eigenvalue weighted by molar-refractivity contribution is -0.149. The fourth-order valence-electron chi connectivity index (χ4n) is 2.21. The number of esters is 2. The minimum Gasteiger partial charge on any atom is -0.386 e. The third-order valence-electron chi connectivity index (χ3n) is 3.00. The molecule has 0 radical (unpaired) electrons. The Kier molecular flexibility index (Phi) is 2.43. The summed E-state index contributed by atoms with van der Waals surface area (Å²) >= 11 is 0. The number of para-hydroxylation sites is 1. The Morgan fingerprint density at radius 1 is 1.26 bits per heavy atom. The lowest BCUT2D eigenvalue weighted by Crippen LogP contribution is -2.01. The number of carbonyl (C=O) groups excluding carboxylic acids is 2. The molecule has 1 aromatic heterocycles. The number of cyclic esters (lactones) is 2. The molecule has 0 bridgehead atoms. The quantitative estimate of drug-likeness (QED) is 0.601. The maximum Gasteiger partial charge on any atom is 0.346 e. The standard InChI is InChI=1S/C14H8N2O3/c15-5-6-16-8-11(9-3-1-2-4-12(9)16)10-7-13(17)19-14(10)18/h1-4,7-8H,6H2. The molecule has 0 atom stereocenters. The first kappa shape index (κ1) is 11.2. The van der Waals surface area contributed by atoms with Crippen LogP contribution in [0.4, 0.5) is 0 Å². The van der Waals surface area contributed by atoms with Crippen molar-refractivity contribution in [3.8, 4) is 6.07 Å². The third-order valence-corrected chi connectivity index (χ3v) is 3.00. The number of ether oxygens (including phenoxy) is 1. The Bertz CT molecular complexity index is 778. The minimum atomic E-state index is -0.655. The molecule has 0 saturated carbocycles. The molecule has 92 valence electrons. The van der Waals surface area contributed by atoms with E-state index in [1.165, 1.54) is 6.08 Å². The molecule has 2 aromatic rings. The Labute approximate surface area is 108 Å². The van der Waals surface area contributed by atoms with Crippen LogP contribution in [0.2, 0.25) is 0 Å². The molecule has 0 fully saturated rings. The van der Waals surface area contributed by atoms with Crippen LogP contribution in [0.15, 0.2) is 36.5 Å². The summed E-state index contributed by atoms with van der Waals surface area (Å²) < 4.78 is 6.24. The van der Waals surface area contributed by atoms with Gasteiger partial charge in [0.15, 0.2) is 0 Å². The van der Waals surface area contributed by atoms with Crippen LogP contribution in [0.3, 0.4) is 0 Å². The maximum atomic E-state index is 11.6. The van der Waals surface area contributed by atoms with E-state index in [1.54, 1.807) is 10.8 Å². The Hall–Kier alpha value is -2.87. The van der Waals surface area contributed by atoms with Gasteiger partial charge in [0, 0.05) is 28.7 Å². The second-order valence-electron chi connectivity index (χ2n) is 4.11. The molecule has 19 heavy (non-hydrogen) atoms. The van der Waals surface area contributed by atoms with Crippen molar-refractivity contribution in [1.29, 1.82) is 5.26 Å². The van der Waals surface area contributed by atoms with Gasteiger partial charge in [-0.05, 0) is 6.07 Å². The van der Waals surface area contributed by atoms with Gasteiger partial charge in [0.25, 0.3) is 0 Å². The van der Waals surface area contributed by atoms with Crippen molar-refractivity contribution in [2.75, 3.05) is 0 Å². The first-order valence-electron chi connectivity index (χ1n) is 5.64. The first-order valence-corrected chi connectivity index (χ1v) is 5.64. The zero-order chi connectivity index (χ0) is 13.4. The number of nitrogens with zero attached hydrogens (tertiary/aromatic N) is 2.